The number of aromatic nitrogens is 4. The summed E-state index contributed by atoms with van der Waals surface area (Å²) >= 11 is 0. The van der Waals surface area contributed by atoms with E-state index in [0.29, 0.717) is 24.0 Å². The molecule has 27 heavy (non-hydrogen) atoms. The summed E-state index contributed by atoms with van der Waals surface area (Å²) in [4.78, 5) is 17.3. The fourth-order valence-electron chi connectivity index (χ4n) is 3.88. The average molecular weight is 355 g/mol. The molecule has 0 spiro atoms. The van der Waals surface area contributed by atoms with Crippen LogP contribution in [-0.4, -0.2) is 26.3 Å². The number of nitrogens with one attached hydrogen (secondary N) is 1. The maximum Gasteiger partial charge on any atom is 0.262 e. The number of hydrogen-bond acceptors (Lipinski definition) is 4. The highest BCUT2D eigenvalue weighted by molar-refractivity contribution is 6.11. The molecule has 2 bridgehead atoms. The summed E-state index contributed by atoms with van der Waals surface area (Å²) < 4.78 is 1.81. The molecule has 0 fully saturated rings. The van der Waals surface area contributed by atoms with E-state index in [2.05, 4.69) is 27.0 Å². The average Bonchev–Trinajstić information content (AvgIpc) is 3.22. The minimum absolute atomic E-state index is 0.0346. The van der Waals surface area contributed by atoms with Gasteiger partial charge in [-0.2, -0.15) is 5.10 Å². The Hall–Kier alpha value is -3.43. The number of pyridine rings is 2. The third-order valence-corrected chi connectivity index (χ3v) is 5.12. The van der Waals surface area contributed by atoms with E-state index in [4.69, 9.17) is 5.73 Å². The molecule has 0 saturated heterocycles. The Kier molecular flexibility index (Phi) is 3.39. The second kappa shape index (κ2) is 5.79. The van der Waals surface area contributed by atoms with E-state index in [0.717, 1.165) is 45.3 Å². The number of fused-ring (bicyclic) bond motifs is 6. The molecule has 0 radical (unpaired) electrons. The van der Waals surface area contributed by atoms with Crippen molar-refractivity contribution in [3.05, 3.63) is 57.8 Å². The molecule has 5 rings (SSSR count). The monoisotopic (exact) mass is 355 g/mol. The minimum Gasteiger partial charge on any atom is -0.330 e. The van der Waals surface area contributed by atoms with Crippen molar-refractivity contribution in [2.75, 3.05) is 6.54 Å². The van der Waals surface area contributed by atoms with E-state index in [9.17, 15) is 4.79 Å². The van der Waals surface area contributed by atoms with Crippen molar-refractivity contribution in [2.45, 2.75) is 19.9 Å². The predicted octanol–water partition coefficient (Wildman–Crippen LogP) is 2.31. The van der Waals surface area contributed by atoms with Crippen LogP contribution in [0.15, 0.2) is 35.4 Å². The van der Waals surface area contributed by atoms with Gasteiger partial charge in [-0.25, -0.2) is 0 Å². The van der Waals surface area contributed by atoms with Gasteiger partial charge >= 0.3 is 0 Å². The molecular weight excluding hydrogens is 338 g/mol. The van der Waals surface area contributed by atoms with Gasteiger partial charge in [0.05, 0.1) is 10.9 Å². The van der Waals surface area contributed by atoms with E-state index < -0.39 is 0 Å². The predicted molar refractivity (Wildman–Crippen MR) is 105 cm³/mol. The smallest absolute Gasteiger partial charge is 0.262 e. The van der Waals surface area contributed by atoms with Crippen molar-refractivity contribution in [2.24, 2.45) is 5.73 Å². The first-order valence-corrected chi connectivity index (χ1v) is 8.91. The Morgan fingerprint density at radius 3 is 2.81 bits per heavy atom. The molecule has 1 aliphatic carbocycles. The lowest BCUT2D eigenvalue weighted by atomic mass is 9.94. The molecule has 0 amide bonds. The van der Waals surface area contributed by atoms with Gasteiger partial charge in [0.15, 0.2) is 0 Å². The molecule has 1 aromatic carbocycles. The van der Waals surface area contributed by atoms with Crippen molar-refractivity contribution >= 4 is 21.8 Å². The number of rotatable bonds is 4. The molecule has 0 atom stereocenters. The van der Waals surface area contributed by atoms with Crippen molar-refractivity contribution in [1.29, 1.82) is 0 Å². The van der Waals surface area contributed by atoms with Gasteiger partial charge in [-0.3, -0.25) is 14.9 Å². The Morgan fingerprint density at radius 2 is 2.04 bits per heavy atom. The topological polar surface area (TPSA) is 89.6 Å². The maximum absolute atomic E-state index is 13.1. The van der Waals surface area contributed by atoms with Gasteiger partial charge in [-0.15, -0.1) is 0 Å². The lowest BCUT2D eigenvalue weighted by molar-refractivity contribution is 0.654. The van der Waals surface area contributed by atoms with Crippen molar-refractivity contribution < 1.29 is 0 Å². The standard InChI is InChI=1S/C21H17N5O/c1-12-17-20(25-24-12)19-15-4-3-14(18(15)13-5-8-23-9-6-13)11-16(19)26(21(17)27)10-2-7-22/h5-6,8-9,11H,2,7,10,22H2,1H3,(H,24,25). The highest BCUT2D eigenvalue weighted by atomic mass is 16.1. The first-order chi connectivity index (χ1) is 13.2. The first kappa shape index (κ1) is 15.8. The van der Waals surface area contributed by atoms with Crippen molar-refractivity contribution in [3.8, 4) is 23.0 Å². The first-order valence-electron chi connectivity index (χ1n) is 8.91. The molecular formula is C21H17N5O. The Bertz CT molecular complexity index is 1340. The third-order valence-electron chi connectivity index (χ3n) is 5.12. The fourth-order valence-corrected chi connectivity index (χ4v) is 3.88. The Balaban J connectivity index is 1.95. The van der Waals surface area contributed by atoms with Crippen LogP contribution in [0, 0.1) is 18.8 Å². The summed E-state index contributed by atoms with van der Waals surface area (Å²) in [6.07, 6.45) is 4.28. The van der Waals surface area contributed by atoms with Gasteiger partial charge in [-0.1, -0.05) is 11.8 Å². The number of nitrogens with zero attached hydrogens (tertiary/aromatic N) is 3. The van der Waals surface area contributed by atoms with E-state index in [1.54, 1.807) is 12.4 Å². The number of benzene rings is 1. The van der Waals surface area contributed by atoms with Crippen LogP contribution in [0.25, 0.3) is 32.9 Å². The second-order valence-corrected chi connectivity index (χ2v) is 6.73. The van der Waals surface area contributed by atoms with E-state index >= 15 is 0 Å². The van der Waals surface area contributed by atoms with Crippen LogP contribution in [0.4, 0.5) is 0 Å². The Labute approximate surface area is 155 Å². The highest BCUT2D eigenvalue weighted by Crippen LogP contribution is 2.38. The summed E-state index contributed by atoms with van der Waals surface area (Å²) in [5.41, 5.74) is 11.9. The minimum atomic E-state index is -0.0346. The van der Waals surface area contributed by atoms with Crippen LogP contribution < -0.4 is 11.3 Å². The molecule has 3 aromatic heterocycles. The van der Waals surface area contributed by atoms with Gasteiger partial charge in [0.1, 0.15) is 5.52 Å². The fraction of sp³-hybridized carbons (Fsp3) is 0.190. The molecule has 132 valence electrons. The second-order valence-electron chi connectivity index (χ2n) is 6.73. The lowest BCUT2D eigenvalue weighted by Gasteiger charge is -2.14. The largest absolute Gasteiger partial charge is 0.330 e. The van der Waals surface area contributed by atoms with Gasteiger partial charge < -0.3 is 10.3 Å². The molecule has 3 heterocycles. The molecule has 6 nitrogen and oxygen atoms in total. The molecule has 3 N–H and O–H groups in total. The van der Waals surface area contributed by atoms with E-state index in [1.165, 1.54) is 0 Å². The SMILES string of the molecule is Cc1[nH]nc2c1c(=O)n(CCCN)c1cc3c(-c4ccncc4)c(c21)C#C3. The Morgan fingerprint density at radius 1 is 1.22 bits per heavy atom. The maximum atomic E-state index is 13.1. The molecule has 6 heteroatoms. The molecule has 1 aliphatic rings. The lowest BCUT2D eigenvalue weighted by Crippen LogP contribution is -2.22. The van der Waals surface area contributed by atoms with Crippen LogP contribution in [0.2, 0.25) is 0 Å². The van der Waals surface area contributed by atoms with Crippen LogP contribution in [0.3, 0.4) is 0 Å². The van der Waals surface area contributed by atoms with Gasteiger partial charge in [0.25, 0.3) is 5.56 Å². The zero-order chi connectivity index (χ0) is 18.5. The van der Waals surface area contributed by atoms with Crippen molar-refractivity contribution in [1.82, 2.24) is 19.7 Å². The van der Waals surface area contributed by atoms with Crippen LogP contribution in [0.1, 0.15) is 23.2 Å². The zero-order valence-electron chi connectivity index (χ0n) is 14.8. The quantitative estimate of drug-likeness (QED) is 0.484. The molecule has 4 aromatic rings. The van der Waals surface area contributed by atoms with Crippen LogP contribution in [0.5, 0.6) is 0 Å². The molecule has 0 saturated carbocycles. The van der Waals surface area contributed by atoms with Gasteiger partial charge in [-0.05, 0) is 43.7 Å². The number of aryl methyl sites for hydroxylation is 2. The van der Waals surface area contributed by atoms with Crippen LogP contribution >= 0.6 is 0 Å². The third kappa shape index (κ3) is 2.15. The van der Waals surface area contributed by atoms with Crippen LogP contribution in [-0.2, 0) is 6.54 Å². The number of nitrogens with two attached hydrogens (primary N) is 1. The van der Waals surface area contributed by atoms with E-state index in [1.807, 2.05) is 29.7 Å². The number of H-pyrrole nitrogens is 1. The number of aromatic amines is 1. The van der Waals surface area contributed by atoms with Gasteiger partial charge in [0, 0.05) is 46.7 Å². The zero-order valence-corrected chi connectivity index (χ0v) is 14.8. The summed E-state index contributed by atoms with van der Waals surface area (Å²) in [7, 11) is 0. The summed E-state index contributed by atoms with van der Waals surface area (Å²) in [6.45, 7) is 2.97. The summed E-state index contributed by atoms with van der Waals surface area (Å²) in [5.74, 6) is 6.50. The van der Waals surface area contributed by atoms with Gasteiger partial charge in [0.2, 0.25) is 0 Å². The molecule has 0 unspecified atom stereocenters. The summed E-state index contributed by atoms with van der Waals surface area (Å²) in [5, 5.41) is 8.97. The normalized spacial score (nSPS) is 11.9. The highest BCUT2D eigenvalue weighted by Gasteiger charge is 2.24. The number of hydrogen-bond donors (Lipinski definition) is 2. The molecule has 0 aliphatic heterocycles. The van der Waals surface area contributed by atoms with E-state index in [-0.39, 0.29) is 5.56 Å². The van der Waals surface area contributed by atoms with Crippen molar-refractivity contribution in [3.63, 3.8) is 0 Å². The summed E-state index contributed by atoms with van der Waals surface area (Å²) in [6, 6.07) is 5.95.